The van der Waals surface area contributed by atoms with Crippen LogP contribution in [0.15, 0.2) is 6.07 Å². The van der Waals surface area contributed by atoms with E-state index in [1.165, 1.54) is 10.7 Å². The Labute approximate surface area is 86.0 Å². The number of alkyl halides is 2. The number of nitrogens with two attached hydrogens (primary N) is 1. The lowest BCUT2D eigenvalue weighted by atomic mass is 10.2. The Bertz CT molecular complexity index is 353. The molecule has 2 heterocycles. The molecular weight excluding hydrogens is 204 g/mol. The van der Waals surface area contributed by atoms with Crippen molar-refractivity contribution < 1.29 is 13.5 Å². The summed E-state index contributed by atoms with van der Waals surface area (Å²) in [6, 6.07) is 1.10. The van der Waals surface area contributed by atoms with Gasteiger partial charge in [-0.3, -0.25) is 4.68 Å². The highest BCUT2D eigenvalue weighted by Gasteiger charge is 2.33. The van der Waals surface area contributed by atoms with Crippen LogP contribution in [0.4, 0.5) is 14.6 Å². The van der Waals surface area contributed by atoms with Crippen LogP contribution in [-0.2, 0) is 10.7 Å². The summed E-state index contributed by atoms with van der Waals surface area (Å²) in [4.78, 5) is 0. The van der Waals surface area contributed by atoms with Crippen LogP contribution in [0, 0.1) is 0 Å². The Morgan fingerprint density at radius 1 is 1.67 bits per heavy atom. The number of nitrogen functional groups attached to an aromatic ring is 1. The fourth-order valence-corrected chi connectivity index (χ4v) is 1.73. The van der Waals surface area contributed by atoms with Gasteiger partial charge in [0.05, 0.1) is 12.6 Å². The summed E-state index contributed by atoms with van der Waals surface area (Å²) in [7, 11) is 0. The van der Waals surface area contributed by atoms with E-state index in [2.05, 4.69) is 5.10 Å². The highest BCUT2D eigenvalue weighted by Crippen LogP contribution is 2.32. The van der Waals surface area contributed by atoms with Gasteiger partial charge in [0.15, 0.2) is 0 Å². The monoisotopic (exact) mass is 217 g/mol. The van der Waals surface area contributed by atoms with Crippen LogP contribution in [0.3, 0.4) is 0 Å². The smallest absolute Gasteiger partial charge is 0.286 e. The van der Waals surface area contributed by atoms with Gasteiger partial charge < -0.3 is 10.5 Å². The molecule has 0 bridgehead atoms. The molecule has 1 aliphatic rings. The lowest BCUT2D eigenvalue weighted by Crippen LogP contribution is -2.20. The minimum atomic E-state index is -2.92. The zero-order valence-electron chi connectivity index (χ0n) is 8.41. The molecule has 6 heteroatoms. The quantitative estimate of drug-likeness (QED) is 0.817. The van der Waals surface area contributed by atoms with Crippen LogP contribution in [0.5, 0.6) is 0 Å². The fourth-order valence-electron chi connectivity index (χ4n) is 1.73. The third-order valence-electron chi connectivity index (χ3n) is 2.46. The van der Waals surface area contributed by atoms with Crippen LogP contribution in [0.2, 0.25) is 0 Å². The molecule has 1 aromatic rings. The van der Waals surface area contributed by atoms with E-state index in [1.807, 2.05) is 0 Å². The summed E-state index contributed by atoms with van der Waals surface area (Å²) >= 11 is 0. The Balaban J connectivity index is 2.37. The number of nitrogens with zero attached hydrogens (tertiary/aromatic N) is 2. The molecule has 1 fully saturated rings. The predicted molar refractivity (Wildman–Crippen MR) is 50.7 cm³/mol. The lowest BCUT2D eigenvalue weighted by Gasteiger charge is -2.16. The Hall–Kier alpha value is -1.17. The minimum absolute atomic E-state index is 0.122. The molecule has 84 valence electrons. The molecule has 0 amide bonds. The average Bonchev–Trinajstić information content (AvgIpc) is 2.68. The molecule has 0 spiro atoms. The summed E-state index contributed by atoms with van der Waals surface area (Å²) in [6.45, 7) is 1.85. The summed E-state index contributed by atoms with van der Waals surface area (Å²) in [5, 5.41) is 3.89. The number of halogens is 2. The average molecular weight is 217 g/mol. The largest absolute Gasteiger partial charge is 0.382 e. The van der Waals surface area contributed by atoms with E-state index in [1.54, 1.807) is 0 Å². The maximum Gasteiger partial charge on any atom is 0.286 e. The van der Waals surface area contributed by atoms with Gasteiger partial charge in [-0.2, -0.15) is 13.9 Å². The third-order valence-corrected chi connectivity index (χ3v) is 2.46. The second kappa shape index (κ2) is 3.44. The lowest BCUT2D eigenvalue weighted by molar-refractivity contribution is 0.00581. The first-order chi connectivity index (χ1) is 6.98. The van der Waals surface area contributed by atoms with Gasteiger partial charge in [0.1, 0.15) is 11.5 Å². The first-order valence-electron chi connectivity index (χ1n) is 4.79. The number of ether oxygens (including phenoxy) is 1. The molecule has 0 aliphatic carbocycles. The second-order valence-electron chi connectivity index (χ2n) is 3.80. The van der Waals surface area contributed by atoms with Gasteiger partial charge in [-0.25, -0.2) is 0 Å². The topological polar surface area (TPSA) is 53.1 Å². The molecule has 1 atom stereocenters. The number of hydrogen-bond donors (Lipinski definition) is 1. The predicted octanol–water partition coefficient (Wildman–Crippen LogP) is 1.54. The van der Waals surface area contributed by atoms with Gasteiger partial charge in [-0.05, 0) is 6.42 Å². The van der Waals surface area contributed by atoms with Crippen molar-refractivity contribution in [3.63, 3.8) is 0 Å². The number of rotatable bonds is 2. The first-order valence-corrected chi connectivity index (χ1v) is 4.79. The number of anilines is 1. The van der Waals surface area contributed by atoms with Crippen LogP contribution in [0.1, 0.15) is 25.1 Å². The molecule has 1 aliphatic heterocycles. The van der Waals surface area contributed by atoms with Gasteiger partial charge in [0, 0.05) is 19.6 Å². The van der Waals surface area contributed by atoms with Crippen LogP contribution in [0.25, 0.3) is 0 Å². The van der Waals surface area contributed by atoms with Crippen molar-refractivity contribution in [1.82, 2.24) is 9.78 Å². The van der Waals surface area contributed by atoms with Crippen molar-refractivity contribution in [2.24, 2.45) is 0 Å². The number of aromatic nitrogens is 2. The number of hydrogen-bond acceptors (Lipinski definition) is 3. The van der Waals surface area contributed by atoms with Gasteiger partial charge in [-0.15, -0.1) is 0 Å². The van der Waals surface area contributed by atoms with E-state index < -0.39 is 5.92 Å². The van der Waals surface area contributed by atoms with Crippen molar-refractivity contribution >= 4 is 5.82 Å². The highest BCUT2D eigenvalue weighted by molar-refractivity contribution is 5.31. The molecule has 0 radical (unpaired) electrons. The Morgan fingerprint density at radius 2 is 2.40 bits per heavy atom. The fraction of sp³-hybridized carbons (Fsp3) is 0.667. The molecule has 15 heavy (non-hydrogen) atoms. The third kappa shape index (κ3) is 1.94. The summed E-state index contributed by atoms with van der Waals surface area (Å²) in [6.07, 6.45) is 0.699. The van der Waals surface area contributed by atoms with Crippen LogP contribution in [-0.4, -0.2) is 23.0 Å². The first kappa shape index (κ1) is 10.4. The molecule has 0 aromatic carbocycles. The van der Waals surface area contributed by atoms with Crippen LogP contribution < -0.4 is 5.73 Å². The zero-order valence-corrected chi connectivity index (χ0v) is 8.41. The maximum atomic E-state index is 13.2. The Kier molecular flexibility index (Phi) is 2.38. The molecule has 0 saturated carbocycles. The van der Waals surface area contributed by atoms with Crippen molar-refractivity contribution in [2.45, 2.75) is 25.3 Å². The molecule has 1 saturated heterocycles. The minimum Gasteiger partial charge on any atom is -0.382 e. The summed E-state index contributed by atoms with van der Waals surface area (Å²) in [5.74, 6) is -2.80. The van der Waals surface area contributed by atoms with Gasteiger partial charge in [0.25, 0.3) is 5.92 Å². The summed E-state index contributed by atoms with van der Waals surface area (Å²) in [5.41, 5.74) is 5.29. The van der Waals surface area contributed by atoms with E-state index in [-0.39, 0.29) is 17.6 Å². The van der Waals surface area contributed by atoms with Gasteiger partial charge in [0.2, 0.25) is 0 Å². The maximum absolute atomic E-state index is 13.2. The van der Waals surface area contributed by atoms with Crippen molar-refractivity contribution in [3.05, 3.63) is 11.8 Å². The molecule has 4 nitrogen and oxygen atoms in total. The van der Waals surface area contributed by atoms with Gasteiger partial charge >= 0.3 is 0 Å². The molecular formula is C9H13F2N3O. The molecule has 0 unspecified atom stereocenters. The van der Waals surface area contributed by atoms with Gasteiger partial charge in [-0.1, -0.05) is 0 Å². The van der Waals surface area contributed by atoms with Crippen molar-refractivity contribution in [3.8, 4) is 0 Å². The van der Waals surface area contributed by atoms with E-state index in [4.69, 9.17) is 10.5 Å². The van der Waals surface area contributed by atoms with E-state index in [0.29, 0.717) is 19.6 Å². The second-order valence-corrected chi connectivity index (χ2v) is 3.80. The molecule has 1 aromatic heterocycles. The normalized spacial score (nSPS) is 22.2. The SMILES string of the molecule is CC(F)(F)c1cc(N)nn1[C@@H]1CCOC1. The zero-order chi connectivity index (χ0) is 11.1. The highest BCUT2D eigenvalue weighted by atomic mass is 19.3. The van der Waals surface area contributed by atoms with Crippen molar-refractivity contribution in [1.29, 1.82) is 0 Å². The molecule has 2 N–H and O–H groups in total. The standard InChI is InChI=1S/C9H13F2N3O/c1-9(10,11)7-4-8(12)13-14(7)6-2-3-15-5-6/h4,6H,2-3,5H2,1H3,(H2,12,13)/t6-/m1/s1. The van der Waals surface area contributed by atoms with E-state index in [9.17, 15) is 8.78 Å². The molecule has 2 rings (SSSR count). The van der Waals surface area contributed by atoms with Crippen molar-refractivity contribution in [2.75, 3.05) is 18.9 Å². The van der Waals surface area contributed by atoms with E-state index >= 15 is 0 Å². The summed E-state index contributed by atoms with van der Waals surface area (Å²) < 4.78 is 32.9. The van der Waals surface area contributed by atoms with E-state index in [0.717, 1.165) is 6.92 Å². The Morgan fingerprint density at radius 3 is 2.93 bits per heavy atom. The van der Waals surface area contributed by atoms with Crippen LogP contribution >= 0.6 is 0 Å².